The Bertz CT molecular complexity index is 609. The molecule has 0 radical (unpaired) electrons. The fraction of sp³-hybridized carbons (Fsp3) is 0.412. The Labute approximate surface area is 131 Å². The number of anilines is 1. The quantitative estimate of drug-likeness (QED) is 0.879. The SMILES string of the molecule is Cc1nc(Cl)c(NC(C)(C)CCc2ccccc2)nc1C. The third-order valence-electron chi connectivity index (χ3n) is 3.60. The van der Waals surface area contributed by atoms with Crippen LogP contribution in [-0.2, 0) is 6.42 Å². The molecule has 3 nitrogen and oxygen atoms in total. The van der Waals surface area contributed by atoms with Crippen LogP contribution in [0.15, 0.2) is 30.3 Å². The Morgan fingerprint density at radius 1 is 1.05 bits per heavy atom. The van der Waals surface area contributed by atoms with Crippen LogP contribution in [0.4, 0.5) is 5.82 Å². The number of nitrogens with zero attached hydrogens (tertiary/aromatic N) is 2. The van der Waals surface area contributed by atoms with Crippen LogP contribution in [0, 0.1) is 13.8 Å². The molecule has 0 bridgehead atoms. The van der Waals surface area contributed by atoms with Gasteiger partial charge in [0.05, 0.1) is 11.4 Å². The Balaban J connectivity index is 2.05. The minimum atomic E-state index is -0.101. The van der Waals surface area contributed by atoms with Crippen molar-refractivity contribution in [3.63, 3.8) is 0 Å². The molecule has 0 amide bonds. The first-order valence-electron chi connectivity index (χ1n) is 7.20. The van der Waals surface area contributed by atoms with E-state index in [0.29, 0.717) is 11.0 Å². The number of hydrogen-bond acceptors (Lipinski definition) is 3. The summed E-state index contributed by atoms with van der Waals surface area (Å²) in [7, 11) is 0. The molecule has 1 N–H and O–H groups in total. The molecule has 1 aromatic heterocycles. The Kier molecular flexibility index (Phi) is 4.84. The molecule has 0 aliphatic heterocycles. The lowest BCUT2D eigenvalue weighted by molar-refractivity contribution is 0.516. The van der Waals surface area contributed by atoms with Gasteiger partial charge in [0.15, 0.2) is 11.0 Å². The summed E-state index contributed by atoms with van der Waals surface area (Å²) >= 11 is 6.19. The fourth-order valence-electron chi connectivity index (χ4n) is 2.14. The first-order valence-corrected chi connectivity index (χ1v) is 7.58. The van der Waals surface area contributed by atoms with Gasteiger partial charge in [-0.3, -0.25) is 0 Å². The van der Waals surface area contributed by atoms with Crippen LogP contribution < -0.4 is 5.32 Å². The zero-order valence-corrected chi connectivity index (χ0v) is 13.8. The predicted octanol–water partition coefficient (Wildman–Crippen LogP) is 4.57. The van der Waals surface area contributed by atoms with E-state index in [9.17, 15) is 0 Å². The highest BCUT2D eigenvalue weighted by molar-refractivity contribution is 6.31. The van der Waals surface area contributed by atoms with Crippen LogP contribution in [0.1, 0.15) is 37.2 Å². The van der Waals surface area contributed by atoms with E-state index in [-0.39, 0.29) is 5.54 Å². The number of aromatic nitrogens is 2. The maximum absolute atomic E-state index is 6.19. The number of halogens is 1. The number of benzene rings is 1. The van der Waals surface area contributed by atoms with Crippen LogP contribution >= 0.6 is 11.6 Å². The van der Waals surface area contributed by atoms with Gasteiger partial charge >= 0.3 is 0 Å². The first-order chi connectivity index (χ1) is 9.87. The van der Waals surface area contributed by atoms with Gasteiger partial charge < -0.3 is 5.32 Å². The second-order valence-corrected chi connectivity index (χ2v) is 6.39. The van der Waals surface area contributed by atoms with Crippen LogP contribution in [0.25, 0.3) is 0 Å². The average molecular weight is 304 g/mol. The van der Waals surface area contributed by atoms with Crippen LogP contribution in [0.2, 0.25) is 5.15 Å². The van der Waals surface area contributed by atoms with Gasteiger partial charge in [-0.15, -0.1) is 0 Å². The molecular weight excluding hydrogens is 282 g/mol. The van der Waals surface area contributed by atoms with Crippen molar-refractivity contribution < 1.29 is 0 Å². The summed E-state index contributed by atoms with van der Waals surface area (Å²) in [5, 5.41) is 3.86. The monoisotopic (exact) mass is 303 g/mol. The highest BCUT2D eigenvalue weighted by Crippen LogP contribution is 2.24. The Morgan fingerprint density at radius 3 is 2.33 bits per heavy atom. The summed E-state index contributed by atoms with van der Waals surface area (Å²) in [5.74, 6) is 0.665. The van der Waals surface area contributed by atoms with Gasteiger partial charge in [-0.1, -0.05) is 41.9 Å². The molecular formula is C17H22ClN3. The second-order valence-electron chi connectivity index (χ2n) is 6.03. The molecule has 0 fully saturated rings. The van der Waals surface area contributed by atoms with Gasteiger partial charge in [0.1, 0.15) is 0 Å². The summed E-state index contributed by atoms with van der Waals surface area (Å²) in [6.07, 6.45) is 2.00. The molecule has 4 heteroatoms. The molecule has 0 saturated carbocycles. The van der Waals surface area contributed by atoms with Gasteiger partial charge in [-0.05, 0) is 46.1 Å². The topological polar surface area (TPSA) is 37.8 Å². The van der Waals surface area contributed by atoms with Crippen LogP contribution in [-0.4, -0.2) is 15.5 Å². The first kappa shape index (κ1) is 15.8. The van der Waals surface area contributed by atoms with Crippen LogP contribution in [0.3, 0.4) is 0 Å². The lowest BCUT2D eigenvalue weighted by Gasteiger charge is -2.27. The molecule has 0 atom stereocenters. The predicted molar refractivity (Wildman–Crippen MR) is 89.0 cm³/mol. The highest BCUT2D eigenvalue weighted by atomic mass is 35.5. The van der Waals surface area contributed by atoms with Gasteiger partial charge in [0, 0.05) is 5.54 Å². The molecule has 2 rings (SSSR count). The van der Waals surface area contributed by atoms with E-state index in [1.807, 2.05) is 19.9 Å². The summed E-state index contributed by atoms with van der Waals surface area (Å²) in [4.78, 5) is 8.82. The number of hydrogen-bond donors (Lipinski definition) is 1. The van der Waals surface area contributed by atoms with Crippen molar-refractivity contribution in [2.45, 2.75) is 46.1 Å². The molecule has 0 saturated heterocycles. The number of nitrogens with one attached hydrogen (secondary N) is 1. The van der Waals surface area contributed by atoms with Crippen molar-refractivity contribution in [2.75, 3.05) is 5.32 Å². The summed E-state index contributed by atoms with van der Waals surface area (Å²) < 4.78 is 0. The zero-order valence-electron chi connectivity index (χ0n) is 13.1. The van der Waals surface area contributed by atoms with Crippen molar-refractivity contribution in [1.29, 1.82) is 0 Å². The van der Waals surface area contributed by atoms with Gasteiger partial charge in [-0.2, -0.15) is 0 Å². The van der Waals surface area contributed by atoms with Crippen molar-refractivity contribution >= 4 is 17.4 Å². The minimum absolute atomic E-state index is 0.101. The smallest absolute Gasteiger partial charge is 0.171 e. The van der Waals surface area contributed by atoms with Crippen molar-refractivity contribution in [3.05, 3.63) is 52.4 Å². The molecule has 0 aliphatic rings. The molecule has 21 heavy (non-hydrogen) atoms. The summed E-state index contributed by atoms with van der Waals surface area (Å²) in [5.41, 5.74) is 3.01. The summed E-state index contributed by atoms with van der Waals surface area (Å²) in [6, 6.07) is 10.5. The average Bonchev–Trinajstić information content (AvgIpc) is 2.44. The lowest BCUT2D eigenvalue weighted by Crippen LogP contribution is -2.32. The van der Waals surface area contributed by atoms with E-state index in [1.165, 1.54) is 5.56 Å². The minimum Gasteiger partial charge on any atom is -0.363 e. The lowest BCUT2D eigenvalue weighted by atomic mass is 9.95. The van der Waals surface area contributed by atoms with Gasteiger partial charge in [0.2, 0.25) is 0 Å². The molecule has 0 spiro atoms. The molecule has 2 aromatic rings. The third kappa shape index (κ3) is 4.43. The van der Waals surface area contributed by atoms with Gasteiger partial charge in [-0.25, -0.2) is 9.97 Å². The standard InChI is InChI=1S/C17H22ClN3/c1-12-13(2)20-16(15(18)19-12)21-17(3,4)11-10-14-8-6-5-7-9-14/h5-9H,10-11H2,1-4H3,(H,20,21). The van der Waals surface area contributed by atoms with Gasteiger partial charge in [0.25, 0.3) is 0 Å². The van der Waals surface area contributed by atoms with E-state index in [0.717, 1.165) is 24.2 Å². The van der Waals surface area contributed by atoms with Crippen LogP contribution in [0.5, 0.6) is 0 Å². The van der Waals surface area contributed by atoms with E-state index < -0.39 is 0 Å². The third-order valence-corrected chi connectivity index (χ3v) is 3.87. The molecule has 1 aromatic carbocycles. The van der Waals surface area contributed by atoms with E-state index in [4.69, 9.17) is 11.6 Å². The normalized spacial score (nSPS) is 11.5. The maximum Gasteiger partial charge on any atom is 0.171 e. The van der Waals surface area contributed by atoms with E-state index in [1.54, 1.807) is 0 Å². The Morgan fingerprint density at radius 2 is 1.67 bits per heavy atom. The van der Waals surface area contributed by atoms with Crippen molar-refractivity contribution in [3.8, 4) is 0 Å². The van der Waals surface area contributed by atoms with Crippen molar-refractivity contribution in [2.24, 2.45) is 0 Å². The highest BCUT2D eigenvalue weighted by Gasteiger charge is 2.20. The number of rotatable bonds is 5. The molecule has 1 heterocycles. The largest absolute Gasteiger partial charge is 0.363 e. The second kappa shape index (κ2) is 6.44. The Hall–Kier alpha value is -1.61. The number of aryl methyl sites for hydroxylation is 3. The van der Waals surface area contributed by atoms with Crippen molar-refractivity contribution in [1.82, 2.24) is 9.97 Å². The van der Waals surface area contributed by atoms with E-state index in [2.05, 4.69) is 53.4 Å². The molecule has 0 unspecified atom stereocenters. The zero-order chi connectivity index (χ0) is 15.5. The fourth-order valence-corrected chi connectivity index (χ4v) is 2.36. The molecule has 0 aliphatic carbocycles. The maximum atomic E-state index is 6.19. The molecule has 112 valence electrons. The summed E-state index contributed by atoms with van der Waals surface area (Å²) in [6.45, 7) is 8.17. The van der Waals surface area contributed by atoms with E-state index >= 15 is 0 Å².